The standard InChI is InChI=1S/C18H18S/c1-14-10-12-16(13-11-14)19(2)18-9-5-7-15-6-3-4-8-17(15)18/h3-13,19H,1-2H3. The van der Waals surface area contributed by atoms with E-state index in [0.717, 1.165) is 0 Å². The molecule has 0 amide bonds. The first kappa shape index (κ1) is 12.3. The van der Waals surface area contributed by atoms with Gasteiger partial charge in [-0.2, -0.15) is 0 Å². The molecule has 1 heteroatoms. The molecule has 0 aromatic heterocycles. The Morgan fingerprint density at radius 2 is 1.42 bits per heavy atom. The molecule has 0 aliphatic heterocycles. The van der Waals surface area contributed by atoms with Crippen molar-refractivity contribution >= 4 is 21.7 Å². The summed E-state index contributed by atoms with van der Waals surface area (Å²) < 4.78 is 0. The van der Waals surface area contributed by atoms with E-state index < -0.39 is 0 Å². The molecular weight excluding hydrogens is 248 g/mol. The zero-order valence-corrected chi connectivity index (χ0v) is 12.2. The van der Waals surface area contributed by atoms with E-state index in [1.807, 2.05) is 0 Å². The van der Waals surface area contributed by atoms with E-state index in [1.165, 1.54) is 26.1 Å². The smallest absolute Gasteiger partial charge is 0.000905 e. The predicted octanol–water partition coefficient (Wildman–Crippen LogP) is 5.20. The van der Waals surface area contributed by atoms with Crippen molar-refractivity contribution in [2.75, 3.05) is 6.26 Å². The van der Waals surface area contributed by atoms with E-state index in [-0.39, 0.29) is 10.9 Å². The second kappa shape index (κ2) is 5.10. The molecule has 19 heavy (non-hydrogen) atoms. The Labute approximate surface area is 117 Å². The quantitative estimate of drug-likeness (QED) is 0.606. The van der Waals surface area contributed by atoms with Crippen molar-refractivity contribution in [1.29, 1.82) is 0 Å². The lowest BCUT2D eigenvalue weighted by Gasteiger charge is -2.19. The molecule has 0 fully saturated rings. The largest absolute Gasteiger partial charge is 0.202 e. The second-order valence-corrected chi connectivity index (χ2v) is 7.01. The fourth-order valence-corrected chi connectivity index (χ4v) is 4.16. The molecule has 0 nitrogen and oxygen atoms in total. The van der Waals surface area contributed by atoms with Crippen LogP contribution >= 0.6 is 10.9 Å². The van der Waals surface area contributed by atoms with Crippen molar-refractivity contribution in [3.63, 3.8) is 0 Å². The van der Waals surface area contributed by atoms with Crippen LogP contribution in [0.2, 0.25) is 0 Å². The molecular formula is C18H18S. The fourth-order valence-electron chi connectivity index (χ4n) is 2.41. The van der Waals surface area contributed by atoms with Crippen molar-refractivity contribution in [2.24, 2.45) is 0 Å². The van der Waals surface area contributed by atoms with Gasteiger partial charge in [0.1, 0.15) is 0 Å². The van der Waals surface area contributed by atoms with Crippen LogP contribution in [-0.2, 0) is 0 Å². The molecule has 0 N–H and O–H groups in total. The normalized spacial score (nSPS) is 13.5. The Kier molecular flexibility index (Phi) is 3.31. The van der Waals surface area contributed by atoms with Crippen LogP contribution in [0.3, 0.4) is 0 Å². The summed E-state index contributed by atoms with van der Waals surface area (Å²) in [5, 5.41) is 2.72. The number of rotatable bonds is 2. The van der Waals surface area contributed by atoms with E-state index in [4.69, 9.17) is 0 Å². The fraction of sp³-hybridized carbons (Fsp3) is 0.111. The third-order valence-corrected chi connectivity index (χ3v) is 5.73. The zero-order chi connectivity index (χ0) is 13.2. The monoisotopic (exact) mass is 266 g/mol. The van der Waals surface area contributed by atoms with Crippen LogP contribution in [-0.4, -0.2) is 6.26 Å². The molecule has 96 valence electrons. The van der Waals surface area contributed by atoms with Gasteiger partial charge in [0.05, 0.1) is 0 Å². The minimum Gasteiger partial charge on any atom is -0.202 e. The van der Waals surface area contributed by atoms with Gasteiger partial charge < -0.3 is 0 Å². The van der Waals surface area contributed by atoms with Gasteiger partial charge in [-0.1, -0.05) is 54.1 Å². The highest BCUT2D eigenvalue weighted by molar-refractivity contribution is 8.16. The first-order valence-electron chi connectivity index (χ1n) is 6.54. The topological polar surface area (TPSA) is 0 Å². The molecule has 0 radical (unpaired) electrons. The molecule has 1 unspecified atom stereocenters. The number of fused-ring (bicyclic) bond motifs is 1. The maximum Gasteiger partial charge on any atom is -0.000905 e. The molecule has 1 atom stereocenters. The summed E-state index contributed by atoms with van der Waals surface area (Å²) in [6, 6.07) is 24.2. The van der Waals surface area contributed by atoms with E-state index in [9.17, 15) is 0 Å². The Hall–Kier alpha value is -1.73. The minimum atomic E-state index is -0.283. The third-order valence-electron chi connectivity index (χ3n) is 3.55. The molecule has 0 saturated heterocycles. The lowest BCUT2D eigenvalue weighted by Crippen LogP contribution is -1.86. The van der Waals surface area contributed by atoms with Crippen LogP contribution in [0.15, 0.2) is 76.5 Å². The first-order valence-corrected chi connectivity index (χ1v) is 8.33. The number of hydrogen-bond donors (Lipinski definition) is 1. The van der Waals surface area contributed by atoms with Crippen molar-refractivity contribution in [3.8, 4) is 0 Å². The Bertz CT molecular complexity index is 693. The maximum absolute atomic E-state index is 2.35. The highest BCUT2D eigenvalue weighted by Gasteiger charge is 2.07. The lowest BCUT2D eigenvalue weighted by atomic mass is 10.1. The van der Waals surface area contributed by atoms with Gasteiger partial charge in [-0.25, -0.2) is 10.9 Å². The lowest BCUT2D eigenvalue weighted by molar-refractivity contribution is 1.36. The molecule has 0 saturated carbocycles. The molecule has 0 aliphatic carbocycles. The molecule has 3 aromatic carbocycles. The van der Waals surface area contributed by atoms with Gasteiger partial charge in [0.2, 0.25) is 0 Å². The van der Waals surface area contributed by atoms with Crippen molar-refractivity contribution in [3.05, 3.63) is 72.3 Å². The van der Waals surface area contributed by atoms with Gasteiger partial charge in [0.25, 0.3) is 0 Å². The molecule has 3 rings (SSSR count). The number of hydrogen-bond acceptors (Lipinski definition) is 0. The van der Waals surface area contributed by atoms with Crippen molar-refractivity contribution in [2.45, 2.75) is 16.7 Å². The second-order valence-electron chi connectivity index (χ2n) is 4.89. The predicted molar refractivity (Wildman–Crippen MR) is 86.6 cm³/mol. The summed E-state index contributed by atoms with van der Waals surface area (Å²) in [7, 11) is -0.283. The molecule has 0 spiro atoms. The average Bonchev–Trinajstić information content (AvgIpc) is 2.47. The SMILES string of the molecule is Cc1ccc([SH](C)c2cccc3ccccc23)cc1. The van der Waals surface area contributed by atoms with Crippen molar-refractivity contribution in [1.82, 2.24) is 0 Å². The average molecular weight is 266 g/mol. The summed E-state index contributed by atoms with van der Waals surface area (Å²) in [5.74, 6) is 0. The highest BCUT2D eigenvalue weighted by atomic mass is 32.2. The van der Waals surface area contributed by atoms with E-state index in [0.29, 0.717) is 0 Å². The van der Waals surface area contributed by atoms with Crippen LogP contribution in [0.1, 0.15) is 5.56 Å². The number of benzene rings is 3. The highest BCUT2D eigenvalue weighted by Crippen LogP contribution is 2.44. The first-order chi connectivity index (χ1) is 9.25. The van der Waals surface area contributed by atoms with E-state index in [1.54, 1.807) is 0 Å². The van der Waals surface area contributed by atoms with Gasteiger partial charge in [0.15, 0.2) is 0 Å². The van der Waals surface area contributed by atoms with E-state index >= 15 is 0 Å². The Morgan fingerprint density at radius 1 is 0.737 bits per heavy atom. The summed E-state index contributed by atoms with van der Waals surface area (Å²) in [5.41, 5.74) is 1.32. The molecule has 3 aromatic rings. The number of thiol groups is 1. The summed E-state index contributed by atoms with van der Waals surface area (Å²) in [4.78, 5) is 2.91. The summed E-state index contributed by atoms with van der Waals surface area (Å²) >= 11 is 0. The Morgan fingerprint density at radius 3 is 2.21 bits per heavy atom. The summed E-state index contributed by atoms with van der Waals surface area (Å²) in [6.45, 7) is 2.14. The van der Waals surface area contributed by atoms with Crippen LogP contribution in [0, 0.1) is 6.92 Å². The van der Waals surface area contributed by atoms with Gasteiger partial charge in [-0.05, 0) is 51.9 Å². The van der Waals surface area contributed by atoms with Crippen LogP contribution in [0.25, 0.3) is 10.8 Å². The summed E-state index contributed by atoms with van der Waals surface area (Å²) in [6.07, 6.45) is 2.35. The van der Waals surface area contributed by atoms with Gasteiger partial charge in [-0.15, -0.1) is 0 Å². The van der Waals surface area contributed by atoms with Gasteiger partial charge in [0, 0.05) is 0 Å². The van der Waals surface area contributed by atoms with Gasteiger partial charge in [-0.3, -0.25) is 0 Å². The van der Waals surface area contributed by atoms with Gasteiger partial charge >= 0.3 is 0 Å². The molecule has 0 aliphatic rings. The van der Waals surface area contributed by atoms with Crippen LogP contribution in [0.4, 0.5) is 0 Å². The number of aryl methyl sites for hydroxylation is 1. The van der Waals surface area contributed by atoms with Crippen LogP contribution in [0.5, 0.6) is 0 Å². The van der Waals surface area contributed by atoms with Crippen molar-refractivity contribution < 1.29 is 0 Å². The zero-order valence-electron chi connectivity index (χ0n) is 11.3. The Balaban J connectivity index is 2.11. The maximum atomic E-state index is 2.35. The minimum absolute atomic E-state index is 0.283. The van der Waals surface area contributed by atoms with Crippen LogP contribution < -0.4 is 0 Å². The van der Waals surface area contributed by atoms with E-state index in [2.05, 4.69) is 79.9 Å². The molecule has 0 bridgehead atoms. The third kappa shape index (κ3) is 2.39. The molecule has 0 heterocycles.